The molecule has 0 unspecified atom stereocenters. The number of carbonyl (C=O) groups is 4. The molecule has 0 saturated carbocycles. The van der Waals surface area contributed by atoms with Crippen LogP contribution in [0.1, 0.15) is 97.8 Å². The zero-order chi connectivity index (χ0) is 28.2. The summed E-state index contributed by atoms with van der Waals surface area (Å²) < 4.78 is 0. The molecule has 0 aromatic heterocycles. The van der Waals surface area contributed by atoms with Crippen LogP contribution in [0, 0.1) is 0 Å². The third kappa shape index (κ3) is 8.93. The van der Waals surface area contributed by atoms with Crippen molar-refractivity contribution >= 4 is 35.0 Å². The molecule has 2 aromatic rings. The number of unbranched alkanes of at least 4 members (excludes halogenated alkanes) is 1. The molecule has 2 saturated heterocycles. The number of benzene rings is 2. The Morgan fingerprint density at radius 1 is 0.500 bits per heavy atom. The van der Waals surface area contributed by atoms with Gasteiger partial charge in [-0.1, -0.05) is 25.7 Å². The largest absolute Gasteiger partial charge is 0.339 e. The predicted molar refractivity (Wildman–Crippen MR) is 157 cm³/mol. The van der Waals surface area contributed by atoms with Crippen molar-refractivity contribution in [3.63, 3.8) is 0 Å². The fraction of sp³-hybridized carbons (Fsp3) is 0.500. The third-order valence-electron chi connectivity index (χ3n) is 7.68. The lowest BCUT2D eigenvalue weighted by atomic mass is 10.1. The fourth-order valence-electron chi connectivity index (χ4n) is 5.32. The molecule has 2 fully saturated rings. The van der Waals surface area contributed by atoms with Crippen molar-refractivity contribution in [2.75, 3.05) is 36.8 Å². The van der Waals surface area contributed by atoms with Crippen LogP contribution in [0.4, 0.5) is 11.4 Å². The van der Waals surface area contributed by atoms with Gasteiger partial charge in [-0.25, -0.2) is 0 Å². The number of anilines is 2. The van der Waals surface area contributed by atoms with E-state index in [9.17, 15) is 19.2 Å². The predicted octanol–water partition coefficient (Wildman–Crippen LogP) is 5.86. The van der Waals surface area contributed by atoms with Gasteiger partial charge in [-0.15, -0.1) is 0 Å². The monoisotopic (exact) mass is 546 g/mol. The van der Waals surface area contributed by atoms with Gasteiger partial charge in [0.15, 0.2) is 0 Å². The minimum absolute atomic E-state index is 0.0512. The molecule has 0 spiro atoms. The van der Waals surface area contributed by atoms with Crippen molar-refractivity contribution < 1.29 is 19.2 Å². The summed E-state index contributed by atoms with van der Waals surface area (Å²) in [7, 11) is 0. The molecule has 2 N–H and O–H groups in total. The molecule has 0 atom stereocenters. The maximum absolute atomic E-state index is 12.7. The number of rotatable bonds is 9. The highest BCUT2D eigenvalue weighted by molar-refractivity contribution is 5.97. The molecular formula is C32H42N4O4. The normalized spacial score (nSPS) is 16.0. The van der Waals surface area contributed by atoms with E-state index in [0.717, 1.165) is 51.9 Å². The molecule has 2 aromatic carbocycles. The fourth-order valence-corrected chi connectivity index (χ4v) is 5.32. The third-order valence-corrected chi connectivity index (χ3v) is 7.68. The number of likely N-dealkylation sites (tertiary alicyclic amines) is 2. The van der Waals surface area contributed by atoms with Crippen molar-refractivity contribution in [2.45, 2.75) is 77.0 Å². The van der Waals surface area contributed by atoms with E-state index >= 15 is 0 Å². The summed E-state index contributed by atoms with van der Waals surface area (Å²) in [6.07, 6.45) is 10.7. The lowest BCUT2D eigenvalue weighted by molar-refractivity contribution is -0.118. The van der Waals surface area contributed by atoms with Crippen LogP contribution < -0.4 is 10.6 Å². The average Bonchev–Trinajstić information content (AvgIpc) is 3.42. The topological polar surface area (TPSA) is 98.8 Å². The van der Waals surface area contributed by atoms with E-state index in [4.69, 9.17) is 0 Å². The summed E-state index contributed by atoms with van der Waals surface area (Å²) in [6.45, 7) is 3.23. The van der Waals surface area contributed by atoms with Crippen molar-refractivity contribution in [3.8, 4) is 0 Å². The quantitative estimate of drug-likeness (QED) is 0.385. The van der Waals surface area contributed by atoms with Gasteiger partial charge in [0.2, 0.25) is 11.8 Å². The van der Waals surface area contributed by atoms with E-state index in [1.807, 2.05) is 9.80 Å². The van der Waals surface area contributed by atoms with Gasteiger partial charge in [-0.3, -0.25) is 19.2 Å². The first-order valence-corrected chi connectivity index (χ1v) is 14.9. The summed E-state index contributed by atoms with van der Waals surface area (Å²) in [6, 6.07) is 14.1. The molecule has 2 heterocycles. The Bertz CT molecular complexity index is 1040. The number of nitrogens with zero attached hydrogens (tertiary/aromatic N) is 2. The highest BCUT2D eigenvalue weighted by Gasteiger charge is 2.18. The van der Waals surface area contributed by atoms with Gasteiger partial charge in [0.05, 0.1) is 0 Å². The Morgan fingerprint density at radius 2 is 0.825 bits per heavy atom. The van der Waals surface area contributed by atoms with Crippen LogP contribution in [-0.4, -0.2) is 59.6 Å². The zero-order valence-electron chi connectivity index (χ0n) is 23.5. The molecule has 0 aliphatic carbocycles. The zero-order valence-corrected chi connectivity index (χ0v) is 23.5. The van der Waals surface area contributed by atoms with Gasteiger partial charge < -0.3 is 20.4 Å². The second-order valence-corrected chi connectivity index (χ2v) is 10.9. The molecule has 4 amide bonds. The van der Waals surface area contributed by atoms with Crippen LogP contribution in [0.2, 0.25) is 0 Å². The van der Waals surface area contributed by atoms with E-state index in [0.29, 0.717) is 48.2 Å². The second-order valence-electron chi connectivity index (χ2n) is 10.9. The number of nitrogens with one attached hydrogen (secondary N) is 2. The van der Waals surface area contributed by atoms with Crippen molar-refractivity contribution in [3.05, 3.63) is 59.7 Å². The van der Waals surface area contributed by atoms with E-state index in [1.54, 1.807) is 48.5 Å². The molecule has 0 radical (unpaired) electrons. The van der Waals surface area contributed by atoms with E-state index in [-0.39, 0.29) is 23.6 Å². The Balaban J connectivity index is 1.13. The minimum Gasteiger partial charge on any atom is -0.339 e. The molecule has 4 rings (SSSR count). The molecule has 40 heavy (non-hydrogen) atoms. The molecule has 2 aliphatic rings. The highest BCUT2D eigenvalue weighted by Crippen LogP contribution is 2.18. The first-order valence-electron chi connectivity index (χ1n) is 14.9. The van der Waals surface area contributed by atoms with Crippen LogP contribution in [0.15, 0.2) is 48.5 Å². The van der Waals surface area contributed by atoms with Crippen LogP contribution in [0.25, 0.3) is 0 Å². The van der Waals surface area contributed by atoms with Crippen LogP contribution in [-0.2, 0) is 9.59 Å². The SMILES string of the molecule is O=C(CCCCC(=O)Nc1ccc(C(=O)N2CCCCCC2)cc1)Nc1ccc(C(=O)N2CCCCCC2)cc1. The number of carbonyl (C=O) groups excluding carboxylic acids is 4. The summed E-state index contributed by atoms with van der Waals surface area (Å²) in [4.78, 5) is 54.0. The molecule has 214 valence electrons. The lowest BCUT2D eigenvalue weighted by Crippen LogP contribution is -2.31. The molecular weight excluding hydrogens is 504 g/mol. The van der Waals surface area contributed by atoms with Gasteiger partial charge in [0.1, 0.15) is 0 Å². The van der Waals surface area contributed by atoms with Gasteiger partial charge in [0, 0.05) is 61.5 Å². The summed E-state index contributed by atoms with van der Waals surface area (Å²) in [5.41, 5.74) is 2.61. The van der Waals surface area contributed by atoms with Gasteiger partial charge in [0.25, 0.3) is 11.8 Å². The average molecular weight is 547 g/mol. The van der Waals surface area contributed by atoms with Gasteiger partial charge >= 0.3 is 0 Å². The van der Waals surface area contributed by atoms with Crippen molar-refractivity contribution in [1.29, 1.82) is 0 Å². The van der Waals surface area contributed by atoms with Gasteiger partial charge in [-0.05, 0) is 87.1 Å². The molecule has 8 heteroatoms. The van der Waals surface area contributed by atoms with Crippen LogP contribution >= 0.6 is 0 Å². The summed E-state index contributed by atoms with van der Waals surface area (Å²) >= 11 is 0. The Labute approximate surface area is 237 Å². The molecule has 8 nitrogen and oxygen atoms in total. The minimum atomic E-state index is -0.114. The van der Waals surface area contributed by atoms with Gasteiger partial charge in [-0.2, -0.15) is 0 Å². The van der Waals surface area contributed by atoms with Crippen molar-refractivity contribution in [2.24, 2.45) is 0 Å². The molecule has 2 aliphatic heterocycles. The summed E-state index contributed by atoms with van der Waals surface area (Å²) in [5, 5.41) is 5.74. The first-order chi connectivity index (χ1) is 19.5. The second kappa shape index (κ2) is 15.2. The van der Waals surface area contributed by atoms with Crippen LogP contribution in [0.3, 0.4) is 0 Å². The van der Waals surface area contributed by atoms with Crippen molar-refractivity contribution in [1.82, 2.24) is 9.80 Å². The highest BCUT2D eigenvalue weighted by atomic mass is 16.2. The van der Waals surface area contributed by atoms with E-state index in [1.165, 1.54) is 25.7 Å². The number of hydrogen-bond acceptors (Lipinski definition) is 4. The lowest BCUT2D eigenvalue weighted by Gasteiger charge is -2.20. The molecule has 0 bridgehead atoms. The van der Waals surface area contributed by atoms with E-state index in [2.05, 4.69) is 10.6 Å². The Hall–Kier alpha value is -3.68. The standard InChI is InChI=1S/C32H42N4O4/c37-29(33-27-17-13-25(14-18-27)31(39)35-21-7-1-2-8-22-35)11-5-6-12-30(38)34-28-19-15-26(16-20-28)32(40)36-23-9-3-4-10-24-36/h13-20H,1-12,21-24H2,(H,33,37)(H,34,38). The van der Waals surface area contributed by atoms with E-state index < -0.39 is 0 Å². The maximum atomic E-state index is 12.7. The smallest absolute Gasteiger partial charge is 0.253 e. The Kier molecular flexibility index (Phi) is 11.1. The first kappa shape index (κ1) is 29.3. The maximum Gasteiger partial charge on any atom is 0.253 e. The number of amides is 4. The Morgan fingerprint density at radius 3 is 1.15 bits per heavy atom. The van der Waals surface area contributed by atoms with Crippen LogP contribution in [0.5, 0.6) is 0 Å². The number of hydrogen-bond donors (Lipinski definition) is 2. The summed E-state index contributed by atoms with van der Waals surface area (Å²) in [5.74, 6) is -0.126.